The summed E-state index contributed by atoms with van der Waals surface area (Å²) in [7, 11) is 0. The molecule has 1 saturated heterocycles. The van der Waals surface area contributed by atoms with Gasteiger partial charge in [-0.25, -0.2) is 4.68 Å². The van der Waals surface area contributed by atoms with Crippen molar-refractivity contribution < 1.29 is 14.3 Å². The summed E-state index contributed by atoms with van der Waals surface area (Å²) in [6.45, 7) is 3.64. The second-order valence-corrected chi connectivity index (χ2v) is 6.85. The molecule has 3 aromatic rings. The number of rotatable bonds is 7. The molecular weight excluding hydrogens is 356 g/mol. The SMILES string of the molecule is Cc1ccc(OCC(=O)N2CC(n3cc(COc4ccccc4)nn3)C2)cc1. The van der Waals surface area contributed by atoms with Gasteiger partial charge in [0.05, 0.1) is 12.2 Å². The van der Waals surface area contributed by atoms with Gasteiger partial charge < -0.3 is 14.4 Å². The Morgan fingerprint density at radius 3 is 2.50 bits per heavy atom. The number of benzene rings is 2. The zero-order valence-electron chi connectivity index (χ0n) is 15.7. The molecular formula is C21H22N4O3. The number of carbonyl (C=O) groups excluding carboxylic acids is 1. The van der Waals surface area contributed by atoms with E-state index in [-0.39, 0.29) is 18.6 Å². The van der Waals surface area contributed by atoms with Crippen molar-refractivity contribution in [3.8, 4) is 11.5 Å². The minimum Gasteiger partial charge on any atom is -0.487 e. The van der Waals surface area contributed by atoms with Gasteiger partial charge in [-0.05, 0) is 31.2 Å². The summed E-state index contributed by atoms with van der Waals surface area (Å²) < 4.78 is 13.0. The van der Waals surface area contributed by atoms with E-state index in [9.17, 15) is 4.79 Å². The predicted octanol–water partition coefficient (Wildman–Crippen LogP) is 2.63. The van der Waals surface area contributed by atoms with Crippen LogP contribution in [0.5, 0.6) is 11.5 Å². The predicted molar refractivity (Wildman–Crippen MR) is 103 cm³/mol. The average Bonchev–Trinajstić information content (AvgIpc) is 3.14. The zero-order chi connectivity index (χ0) is 19.3. The van der Waals surface area contributed by atoms with Crippen LogP contribution in [0.1, 0.15) is 17.3 Å². The second kappa shape index (κ2) is 8.12. The first-order valence-corrected chi connectivity index (χ1v) is 9.23. The Morgan fingerprint density at radius 2 is 1.75 bits per heavy atom. The Bertz CT molecular complexity index is 918. The number of hydrogen-bond donors (Lipinski definition) is 0. The van der Waals surface area contributed by atoms with Crippen molar-refractivity contribution in [1.29, 1.82) is 0 Å². The zero-order valence-corrected chi connectivity index (χ0v) is 15.7. The first-order chi connectivity index (χ1) is 13.7. The van der Waals surface area contributed by atoms with E-state index in [4.69, 9.17) is 9.47 Å². The van der Waals surface area contributed by atoms with Crippen LogP contribution in [0, 0.1) is 6.92 Å². The van der Waals surface area contributed by atoms with Crippen molar-refractivity contribution in [1.82, 2.24) is 19.9 Å². The summed E-state index contributed by atoms with van der Waals surface area (Å²) in [6, 6.07) is 17.4. The van der Waals surface area contributed by atoms with Crippen molar-refractivity contribution in [3.63, 3.8) is 0 Å². The van der Waals surface area contributed by atoms with E-state index in [1.807, 2.05) is 67.7 Å². The van der Waals surface area contributed by atoms with Gasteiger partial charge in [-0.3, -0.25) is 4.79 Å². The average molecular weight is 378 g/mol. The molecule has 0 aliphatic carbocycles. The molecule has 1 aliphatic heterocycles. The number of amides is 1. The van der Waals surface area contributed by atoms with Crippen LogP contribution in [-0.4, -0.2) is 45.5 Å². The summed E-state index contributed by atoms with van der Waals surface area (Å²) in [4.78, 5) is 14.0. The molecule has 0 bridgehead atoms. The molecule has 7 nitrogen and oxygen atoms in total. The Labute approximate surface area is 163 Å². The highest BCUT2D eigenvalue weighted by molar-refractivity contribution is 5.78. The first kappa shape index (κ1) is 18.0. The van der Waals surface area contributed by atoms with Crippen molar-refractivity contribution in [3.05, 3.63) is 72.1 Å². The molecule has 2 heterocycles. The number of aryl methyl sites for hydroxylation is 1. The third kappa shape index (κ3) is 4.31. The largest absolute Gasteiger partial charge is 0.487 e. The molecule has 0 N–H and O–H groups in total. The van der Waals surface area contributed by atoms with Gasteiger partial charge in [0.15, 0.2) is 6.61 Å². The normalized spacial score (nSPS) is 13.8. The van der Waals surface area contributed by atoms with Crippen LogP contribution in [0.3, 0.4) is 0 Å². The topological polar surface area (TPSA) is 69.5 Å². The summed E-state index contributed by atoms with van der Waals surface area (Å²) in [5, 5.41) is 8.31. The van der Waals surface area contributed by atoms with Crippen molar-refractivity contribution >= 4 is 5.91 Å². The second-order valence-electron chi connectivity index (χ2n) is 6.85. The fourth-order valence-electron chi connectivity index (χ4n) is 2.93. The molecule has 1 fully saturated rings. The summed E-state index contributed by atoms with van der Waals surface area (Å²) >= 11 is 0. The number of para-hydroxylation sites is 1. The van der Waals surface area contributed by atoms with Gasteiger partial charge in [-0.2, -0.15) is 0 Å². The van der Waals surface area contributed by atoms with E-state index in [1.165, 1.54) is 0 Å². The Morgan fingerprint density at radius 1 is 1.04 bits per heavy atom. The Hall–Kier alpha value is -3.35. The smallest absolute Gasteiger partial charge is 0.260 e. The Kier molecular flexibility index (Phi) is 5.23. The standard InChI is InChI=1S/C21H22N4O3/c1-16-7-9-20(10-8-16)28-15-21(26)24-12-18(13-24)25-11-17(22-23-25)14-27-19-5-3-2-4-6-19/h2-11,18H,12-15H2,1H3. The molecule has 2 aromatic carbocycles. The minimum absolute atomic E-state index is 0.0235. The minimum atomic E-state index is -0.0235. The molecule has 0 atom stereocenters. The highest BCUT2D eigenvalue weighted by atomic mass is 16.5. The van der Waals surface area contributed by atoms with Gasteiger partial charge in [-0.15, -0.1) is 5.10 Å². The molecule has 1 aromatic heterocycles. The number of ether oxygens (including phenoxy) is 2. The van der Waals surface area contributed by atoms with Crippen LogP contribution in [0.4, 0.5) is 0 Å². The molecule has 0 saturated carbocycles. The summed E-state index contributed by atoms with van der Waals surface area (Å²) in [6.07, 6.45) is 1.87. The summed E-state index contributed by atoms with van der Waals surface area (Å²) in [5.41, 5.74) is 1.92. The highest BCUT2D eigenvalue weighted by Gasteiger charge is 2.32. The van der Waals surface area contributed by atoms with E-state index in [0.29, 0.717) is 25.4 Å². The van der Waals surface area contributed by atoms with E-state index >= 15 is 0 Å². The number of nitrogens with zero attached hydrogens (tertiary/aromatic N) is 4. The molecule has 144 valence electrons. The highest BCUT2D eigenvalue weighted by Crippen LogP contribution is 2.21. The van der Waals surface area contributed by atoms with Crippen LogP contribution in [0.2, 0.25) is 0 Å². The molecule has 0 unspecified atom stereocenters. The third-order valence-electron chi connectivity index (χ3n) is 4.66. The lowest BCUT2D eigenvalue weighted by Crippen LogP contribution is -2.52. The lowest BCUT2D eigenvalue weighted by atomic mass is 10.1. The maximum Gasteiger partial charge on any atom is 0.260 e. The molecule has 4 rings (SSSR count). The van der Waals surface area contributed by atoms with Crippen LogP contribution < -0.4 is 9.47 Å². The maximum absolute atomic E-state index is 12.2. The Balaban J connectivity index is 1.22. The van der Waals surface area contributed by atoms with Crippen LogP contribution in [0.15, 0.2) is 60.8 Å². The van der Waals surface area contributed by atoms with Crippen LogP contribution in [0.25, 0.3) is 0 Å². The third-order valence-corrected chi connectivity index (χ3v) is 4.66. The molecule has 28 heavy (non-hydrogen) atoms. The van der Waals surface area contributed by atoms with Crippen molar-refractivity contribution in [2.45, 2.75) is 19.6 Å². The van der Waals surface area contributed by atoms with Gasteiger partial charge in [0, 0.05) is 13.1 Å². The number of hydrogen-bond acceptors (Lipinski definition) is 5. The van der Waals surface area contributed by atoms with E-state index in [0.717, 1.165) is 17.0 Å². The first-order valence-electron chi connectivity index (χ1n) is 9.23. The van der Waals surface area contributed by atoms with Crippen molar-refractivity contribution in [2.24, 2.45) is 0 Å². The van der Waals surface area contributed by atoms with E-state index in [2.05, 4.69) is 10.3 Å². The van der Waals surface area contributed by atoms with E-state index < -0.39 is 0 Å². The fraction of sp³-hybridized carbons (Fsp3) is 0.286. The number of aromatic nitrogens is 3. The summed E-state index contributed by atoms with van der Waals surface area (Å²) in [5.74, 6) is 1.48. The lowest BCUT2D eigenvalue weighted by molar-refractivity contribution is -0.139. The molecule has 7 heteroatoms. The van der Waals surface area contributed by atoms with Gasteiger partial charge in [-0.1, -0.05) is 41.1 Å². The van der Waals surface area contributed by atoms with Crippen LogP contribution >= 0.6 is 0 Å². The van der Waals surface area contributed by atoms with E-state index in [1.54, 1.807) is 9.58 Å². The molecule has 1 aliphatic rings. The lowest BCUT2D eigenvalue weighted by Gasteiger charge is -2.38. The molecule has 0 spiro atoms. The molecule has 0 radical (unpaired) electrons. The van der Waals surface area contributed by atoms with Gasteiger partial charge >= 0.3 is 0 Å². The van der Waals surface area contributed by atoms with Gasteiger partial charge in [0.25, 0.3) is 5.91 Å². The van der Waals surface area contributed by atoms with Gasteiger partial charge in [0.1, 0.15) is 23.8 Å². The molecule has 1 amide bonds. The maximum atomic E-state index is 12.2. The number of likely N-dealkylation sites (tertiary alicyclic amines) is 1. The van der Waals surface area contributed by atoms with Crippen LogP contribution in [-0.2, 0) is 11.4 Å². The van der Waals surface area contributed by atoms with Crippen molar-refractivity contribution in [2.75, 3.05) is 19.7 Å². The van der Waals surface area contributed by atoms with Gasteiger partial charge in [0.2, 0.25) is 0 Å². The fourth-order valence-corrected chi connectivity index (χ4v) is 2.93. The monoisotopic (exact) mass is 378 g/mol. The number of carbonyl (C=O) groups is 1. The quantitative estimate of drug-likeness (QED) is 0.632.